The zero-order valence-electron chi connectivity index (χ0n) is 8.72. The van der Waals surface area contributed by atoms with Crippen molar-refractivity contribution in [2.45, 2.75) is 13.3 Å². The van der Waals surface area contributed by atoms with E-state index in [0.717, 1.165) is 16.5 Å². The molecule has 0 aromatic heterocycles. The maximum absolute atomic E-state index is 10.9. The van der Waals surface area contributed by atoms with Crippen LogP contribution in [0.1, 0.15) is 12.5 Å². The summed E-state index contributed by atoms with van der Waals surface area (Å²) in [5.74, 6) is 4.97. The second-order valence-corrected chi connectivity index (χ2v) is 4.36. The van der Waals surface area contributed by atoms with Crippen molar-refractivity contribution < 1.29 is 9.53 Å². The van der Waals surface area contributed by atoms with Crippen molar-refractivity contribution in [2.75, 3.05) is 6.61 Å². The first-order valence-corrected chi connectivity index (χ1v) is 5.85. The van der Waals surface area contributed by atoms with Gasteiger partial charge in [-0.3, -0.25) is 10.2 Å². The standard InChI is InChI=1S/C10H12BrClN2O2/c1-2-6-3-7(11)10(8(12)4-6)16-5-9(15)14-13/h3-4H,2,5,13H2,1H3,(H,14,15). The Morgan fingerprint density at radius 1 is 1.62 bits per heavy atom. The van der Waals surface area contributed by atoms with Gasteiger partial charge in [0.05, 0.1) is 9.50 Å². The summed E-state index contributed by atoms with van der Waals surface area (Å²) < 4.78 is 5.97. The second-order valence-electron chi connectivity index (χ2n) is 3.10. The molecule has 1 rings (SSSR count). The molecular formula is C10H12BrClN2O2. The van der Waals surface area contributed by atoms with Crippen molar-refractivity contribution >= 4 is 33.4 Å². The van der Waals surface area contributed by atoms with Crippen LogP contribution in [0.5, 0.6) is 5.75 Å². The quantitative estimate of drug-likeness (QED) is 0.508. The molecule has 1 amide bonds. The average molecular weight is 308 g/mol. The Hall–Kier alpha value is -0.780. The van der Waals surface area contributed by atoms with E-state index < -0.39 is 5.91 Å². The number of carbonyl (C=O) groups excluding carboxylic acids is 1. The number of nitrogens with two attached hydrogens (primary N) is 1. The highest BCUT2D eigenvalue weighted by Crippen LogP contribution is 2.34. The summed E-state index contributed by atoms with van der Waals surface area (Å²) in [4.78, 5) is 10.9. The first-order valence-electron chi connectivity index (χ1n) is 4.68. The smallest absolute Gasteiger partial charge is 0.271 e. The van der Waals surface area contributed by atoms with E-state index in [1.165, 1.54) is 0 Å². The number of hydrazine groups is 1. The molecule has 16 heavy (non-hydrogen) atoms. The maximum Gasteiger partial charge on any atom is 0.271 e. The first kappa shape index (κ1) is 13.3. The van der Waals surface area contributed by atoms with Gasteiger partial charge in [0, 0.05) is 0 Å². The van der Waals surface area contributed by atoms with Crippen LogP contribution in [-0.2, 0) is 11.2 Å². The molecule has 88 valence electrons. The lowest BCUT2D eigenvalue weighted by Crippen LogP contribution is -2.34. The van der Waals surface area contributed by atoms with Gasteiger partial charge in [-0.05, 0) is 40.0 Å². The molecule has 4 nitrogen and oxygen atoms in total. The minimum atomic E-state index is -0.414. The van der Waals surface area contributed by atoms with Gasteiger partial charge >= 0.3 is 0 Å². The molecule has 0 unspecified atom stereocenters. The molecule has 1 aromatic rings. The molecule has 0 saturated carbocycles. The molecule has 0 radical (unpaired) electrons. The fraction of sp³-hybridized carbons (Fsp3) is 0.300. The van der Waals surface area contributed by atoms with E-state index in [1.54, 1.807) is 0 Å². The molecule has 3 N–H and O–H groups in total. The van der Waals surface area contributed by atoms with Crippen LogP contribution in [0.2, 0.25) is 5.02 Å². The maximum atomic E-state index is 10.9. The Labute approximate surface area is 107 Å². The van der Waals surface area contributed by atoms with Crippen LogP contribution in [0.4, 0.5) is 0 Å². The Morgan fingerprint density at radius 2 is 2.31 bits per heavy atom. The van der Waals surface area contributed by atoms with Gasteiger partial charge in [0.2, 0.25) is 0 Å². The van der Waals surface area contributed by atoms with Gasteiger partial charge in [-0.2, -0.15) is 0 Å². The third-order valence-corrected chi connectivity index (χ3v) is 2.84. The number of rotatable bonds is 4. The molecule has 0 saturated heterocycles. The highest BCUT2D eigenvalue weighted by molar-refractivity contribution is 9.10. The van der Waals surface area contributed by atoms with Crippen molar-refractivity contribution in [1.29, 1.82) is 0 Å². The number of carbonyl (C=O) groups is 1. The lowest BCUT2D eigenvalue weighted by Gasteiger charge is -2.10. The lowest BCUT2D eigenvalue weighted by atomic mass is 10.2. The highest BCUT2D eigenvalue weighted by Gasteiger charge is 2.10. The molecule has 0 spiro atoms. The van der Waals surface area contributed by atoms with E-state index in [0.29, 0.717) is 10.8 Å². The summed E-state index contributed by atoms with van der Waals surface area (Å²) in [5, 5.41) is 0.469. The van der Waals surface area contributed by atoms with Crippen LogP contribution in [-0.4, -0.2) is 12.5 Å². The van der Waals surface area contributed by atoms with Crippen LogP contribution in [0.25, 0.3) is 0 Å². The molecular weight excluding hydrogens is 295 g/mol. The first-order chi connectivity index (χ1) is 7.58. The van der Waals surface area contributed by atoms with E-state index in [2.05, 4.69) is 15.9 Å². The van der Waals surface area contributed by atoms with Crippen molar-refractivity contribution in [3.05, 3.63) is 27.2 Å². The third kappa shape index (κ3) is 3.37. The molecule has 6 heteroatoms. The SMILES string of the molecule is CCc1cc(Cl)c(OCC(=O)NN)c(Br)c1. The Bertz CT molecular complexity index is 375. The molecule has 0 aliphatic heterocycles. The van der Waals surface area contributed by atoms with Gasteiger partial charge in [0.15, 0.2) is 12.4 Å². The predicted octanol–water partition coefficient (Wildman–Crippen LogP) is 2.03. The van der Waals surface area contributed by atoms with Crippen LogP contribution in [0.3, 0.4) is 0 Å². The van der Waals surface area contributed by atoms with Crippen LogP contribution in [0.15, 0.2) is 16.6 Å². The molecule has 0 heterocycles. The zero-order valence-corrected chi connectivity index (χ0v) is 11.1. The number of benzene rings is 1. The van der Waals surface area contributed by atoms with Gasteiger partial charge in [0.1, 0.15) is 0 Å². The lowest BCUT2D eigenvalue weighted by molar-refractivity contribution is -0.123. The van der Waals surface area contributed by atoms with Gasteiger partial charge in [-0.15, -0.1) is 0 Å². The summed E-state index contributed by atoms with van der Waals surface area (Å²) in [7, 11) is 0. The molecule has 0 atom stereocenters. The number of hydrogen-bond acceptors (Lipinski definition) is 3. The van der Waals surface area contributed by atoms with Gasteiger partial charge in [0.25, 0.3) is 5.91 Å². The topological polar surface area (TPSA) is 64.3 Å². The van der Waals surface area contributed by atoms with E-state index >= 15 is 0 Å². The largest absolute Gasteiger partial charge is 0.481 e. The summed E-state index contributed by atoms with van der Waals surface area (Å²) in [5.41, 5.74) is 3.06. The molecule has 1 aromatic carbocycles. The number of nitrogens with one attached hydrogen (secondary N) is 1. The van der Waals surface area contributed by atoms with Crippen LogP contribution in [0, 0.1) is 0 Å². The summed E-state index contributed by atoms with van der Waals surface area (Å²) in [6.07, 6.45) is 0.877. The molecule has 0 fully saturated rings. The van der Waals surface area contributed by atoms with E-state index in [-0.39, 0.29) is 6.61 Å². The van der Waals surface area contributed by atoms with Gasteiger partial charge in [-0.25, -0.2) is 5.84 Å². The van der Waals surface area contributed by atoms with Crippen molar-refractivity contribution in [2.24, 2.45) is 5.84 Å². The molecule has 0 aliphatic rings. The van der Waals surface area contributed by atoms with E-state index in [4.69, 9.17) is 22.2 Å². The third-order valence-electron chi connectivity index (χ3n) is 1.97. The Kier molecular flexibility index (Phi) is 5.05. The highest BCUT2D eigenvalue weighted by atomic mass is 79.9. The van der Waals surface area contributed by atoms with Gasteiger partial charge in [-0.1, -0.05) is 18.5 Å². The molecule has 0 aliphatic carbocycles. The Balaban J connectivity index is 2.84. The fourth-order valence-corrected chi connectivity index (χ4v) is 2.17. The van der Waals surface area contributed by atoms with Gasteiger partial charge < -0.3 is 4.74 Å². The monoisotopic (exact) mass is 306 g/mol. The predicted molar refractivity (Wildman–Crippen MR) is 66.4 cm³/mol. The fourth-order valence-electron chi connectivity index (χ4n) is 1.13. The average Bonchev–Trinajstić information content (AvgIpc) is 2.27. The summed E-state index contributed by atoms with van der Waals surface area (Å²) >= 11 is 9.36. The van der Waals surface area contributed by atoms with Crippen molar-refractivity contribution in [3.8, 4) is 5.75 Å². The zero-order chi connectivity index (χ0) is 12.1. The summed E-state index contributed by atoms with van der Waals surface area (Å²) in [6, 6.07) is 3.71. The Morgan fingerprint density at radius 3 is 2.81 bits per heavy atom. The van der Waals surface area contributed by atoms with Crippen LogP contribution >= 0.6 is 27.5 Å². The van der Waals surface area contributed by atoms with E-state index in [9.17, 15) is 4.79 Å². The number of amides is 1. The van der Waals surface area contributed by atoms with Crippen LogP contribution < -0.4 is 16.0 Å². The molecule has 0 bridgehead atoms. The normalized spacial score (nSPS) is 10.0. The number of aryl methyl sites for hydroxylation is 1. The van der Waals surface area contributed by atoms with Crippen molar-refractivity contribution in [1.82, 2.24) is 5.43 Å². The van der Waals surface area contributed by atoms with E-state index in [1.807, 2.05) is 24.5 Å². The second kappa shape index (κ2) is 6.08. The number of ether oxygens (including phenoxy) is 1. The minimum Gasteiger partial charge on any atom is -0.481 e. The summed E-state index contributed by atoms with van der Waals surface area (Å²) in [6.45, 7) is 1.86. The number of halogens is 2. The minimum absolute atomic E-state index is 0.166. The number of hydrogen-bond donors (Lipinski definition) is 2. The van der Waals surface area contributed by atoms with Crippen molar-refractivity contribution in [3.63, 3.8) is 0 Å².